The first kappa shape index (κ1) is 15.4. The Morgan fingerprint density at radius 3 is 2.85 bits per heavy atom. The molecule has 20 heavy (non-hydrogen) atoms. The molecule has 1 unspecified atom stereocenters. The largest absolute Gasteiger partial charge is 0.389 e. The third-order valence-electron chi connectivity index (χ3n) is 3.18. The molecule has 0 amide bonds. The van der Waals surface area contributed by atoms with Crippen molar-refractivity contribution in [3.63, 3.8) is 0 Å². The summed E-state index contributed by atoms with van der Waals surface area (Å²) in [5.41, 5.74) is 6.82. The van der Waals surface area contributed by atoms with Crippen molar-refractivity contribution in [2.75, 3.05) is 13.2 Å². The summed E-state index contributed by atoms with van der Waals surface area (Å²) in [6.07, 6.45) is 1.86. The molecule has 0 saturated carbocycles. The highest BCUT2D eigenvalue weighted by molar-refractivity contribution is 7.88. The SMILES string of the molecule is NC(=S)c1ccccc1CS(=O)(=O)NCC1CCCO1. The Bertz CT molecular complexity index is 581. The first-order chi connectivity index (χ1) is 9.48. The molecular formula is C13H18N2O3S2. The molecule has 1 aromatic rings. The van der Waals surface area contributed by atoms with Gasteiger partial charge in [0.25, 0.3) is 0 Å². The van der Waals surface area contributed by atoms with E-state index in [1.54, 1.807) is 24.3 Å². The van der Waals surface area contributed by atoms with Crippen LogP contribution in [0.2, 0.25) is 0 Å². The van der Waals surface area contributed by atoms with E-state index in [-0.39, 0.29) is 16.8 Å². The molecule has 1 fully saturated rings. The van der Waals surface area contributed by atoms with Crippen LogP contribution in [0.4, 0.5) is 0 Å². The fraction of sp³-hybridized carbons (Fsp3) is 0.462. The highest BCUT2D eigenvalue weighted by Gasteiger charge is 2.20. The van der Waals surface area contributed by atoms with Crippen LogP contribution in [0.1, 0.15) is 24.0 Å². The Labute approximate surface area is 124 Å². The molecule has 5 nitrogen and oxygen atoms in total. The molecule has 1 saturated heterocycles. The third-order valence-corrected chi connectivity index (χ3v) is 4.70. The van der Waals surface area contributed by atoms with Gasteiger partial charge in [0.2, 0.25) is 10.0 Å². The number of nitrogens with two attached hydrogens (primary N) is 1. The van der Waals surface area contributed by atoms with E-state index in [0.29, 0.717) is 24.3 Å². The molecule has 0 aliphatic carbocycles. The lowest BCUT2D eigenvalue weighted by Gasteiger charge is -2.13. The topological polar surface area (TPSA) is 81.4 Å². The number of rotatable bonds is 6. The number of hydrogen-bond acceptors (Lipinski definition) is 4. The number of ether oxygens (including phenoxy) is 1. The van der Waals surface area contributed by atoms with Gasteiger partial charge < -0.3 is 10.5 Å². The van der Waals surface area contributed by atoms with E-state index in [2.05, 4.69) is 4.72 Å². The van der Waals surface area contributed by atoms with Crippen LogP contribution in [0, 0.1) is 0 Å². The summed E-state index contributed by atoms with van der Waals surface area (Å²) in [7, 11) is -3.42. The summed E-state index contributed by atoms with van der Waals surface area (Å²) in [5, 5.41) is 0. The first-order valence-corrected chi connectivity index (χ1v) is 8.50. The normalized spacial score (nSPS) is 19.1. The Morgan fingerprint density at radius 1 is 1.45 bits per heavy atom. The summed E-state index contributed by atoms with van der Waals surface area (Å²) in [6, 6.07) is 7.00. The standard InChI is InChI=1S/C13H18N2O3S2/c14-13(19)12-6-2-1-4-10(12)9-20(16,17)15-8-11-5-3-7-18-11/h1-2,4,6,11,15H,3,5,7-9H2,(H2,14,19). The second kappa shape index (κ2) is 6.62. The van der Waals surface area contributed by atoms with Crippen LogP contribution >= 0.6 is 12.2 Å². The van der Waals surface area contributed by atoms with E-state index in [1.807, 2.05) is 0 Å². The fourth-order valence-electron chi connectivity index (χ4n) is 2.17. The maximum Gasteiger partial charge on any atom is 0.215 e. The Morgan fingerprint density at radius 2 is 2.20 bits per heavy atom. The lowest BCUT2D eigenvalue weighted by molar-refractivity contribution is 0.114. The molecule has 0 aromatic heterocycles. The van der Waals surface area contributed by atoms with Gasteiger partial charge in [-0.3, -0.25) is 0 Å². The predicted octanol–water partition coefficient (Wildman–Crippen LogP) is 0.919. The van der Waals surface area contributed by atoms with Gasteiger partial charge in [0, 0.05) is 18.7 Å². The zero-order chi connectivity index (χ0) is 14.6. The van der Waals surface area contributed by atoms with E-state index in [1.165, 1.54) is 0 Å². The molecule has 1 aliphatic rings. The number of benzene rings is 1. The van der Waals surface area contributed by atoms with E-state index >= 15 is 0 Å². The maximum atomic E-state index is 12.1. The lowest BCUT2D eigenvalue weighted by atomic mass is 10.1. The molecule has 1 atom stereocenters. The maximum absolute atomic E-state index is 12.1. The van der Waals surface area contributed by atoms with Gasteiger partial charge >= 0.3 is 0 Å². The molecule has 0 radical (unpaired) electrons. The Balaban J connectivity index is 2.02. The van der Waals surface area contributed by atoms with Crippen LogP contribution in [0.15, 0.2) is 24.3 Å². The molecule has 2 rings (SSSR count). The molecule has 110 valence electrons. The first-order valence-electron chi connectivity index (χ1n) is 6.44. The van der Waals surface area contributed by atoms with Gasteiger partial charge in [-0.15, -0.1) is 0 Å². The molecule has 1 aliphatic heterocycles. The van der Waals surface area contributed by atoms with Gasteiger partial charge in [0.1, 0.15) is 4.99 Å². The average Bonchev–Trinajstić information content (AvgIpc) is 2.89. The molecule has 1 heterocycles. The predicted molar refractivity (Wildman–Crippen MR) is 81.9 cm³/mol. The molecule has 0 spiro atoms. The van der Waals surface area contributed by atoms with E-state index in [4.69, 9.17) is 22.7 Å². The van der Waals surface area contributed by atoms with Crippen molar-refractivity contribution in [3.05, 3.63) is 35.4 Å². The Hall–Kier alpha value is -1.02. The fourth-order valence-corrected chi connectivity index (χ4v) is 3.57. The smallest absolute Gasteiger partial charge is 0.215 e. The molecule has 7 heteroatoms. The number of thiocarbonyl (C=S) groups is 1. The zero-order valence-corrected chi connectivity index (χ0v) is 12.7. The van der Waals surface area contributed by atoms with Crippen LogP contribution < -0.4 is 10.5 Å². The van der Waals surface area contributed by atoms with E-state index in [0.717, 1.165) is 12.8 Å². The van der Waals surface area contributed by atoms with Crippen molar-refractivity contribution in [1.82, 2.24) is 4.72 Å². The quantitative estimate of drug-likeness (QED) is 0.763. The molecule has 3 N–H and O–H groups in total. The average molecular weight is 314 g/mol. The molecular weight excluding hydrogens is 296 g/mol. The highest BCUT2D eigenvalue weighted by atomic mass is 32.2. The van der Waals surface area contributed by atoms with Crippen molar-refractivity contribution < 1.29 is 13.2 Å². The van der Waals surface area contributed by atoms with Crippen LogP contribution in [0.5, 0.6) is 0 Å². The number of hydrogen-bond donors (Lipinski definition) is 2. The number of nitrogens with one attached hydrogen (secondary N) is 1. The van der Waals surface area contributed by atoms with Gasteiger partial charge in [-0.1, -0.05) is 36.5 Å². The van der Waals surface area contributed by atoms with Gasteiger partial charge in [0.05, 0.1) is 11.9 Å². The van der Waals surface area contributed by atoms with Crippen LogP contribution in [-0.4, -0.2) is 32.7 Å². The van der Waals surface area contributed by atoms with Crippen molar-refractivity contribution in [2.45, 2.75) is 24.7 Å². The van der Waals surface area contributed by atoms with Crippen LogP contribution in [0.3, 0.4) is 0 Å². The summed E-state index contributed by atoms with van der Waals surface area (Å²) in [6.45, 7) is 1.02. The van der Waals surface area contributed by atoms with Gasteiger partial charge in [-0.25, -0.2) is 13.1 Å². The summed E-state index contributed by atoms with van der Waals surface area (Å²) in [4.78, 5) is 0.204. The minimum absolute atomic E-state index is 0.0180. The zero-order valence-electron chi connectivity index (χ0n) is 11.0. The van der Waals surface area contributed by atoms with Crippen molar-refractivity contribution in [1.29, 1.82) is 0 Å². The van der Waals surface area contributed by atoms with Crippen LogP contribution in [0.25, 0.3) is 0 Å². The summed E-state index contributed by atoms with van der Waals surface area (Å²) in [5.74, 6) is -0.132. The molecule has 0 bridgehead atoms. The van der Waals surface area contributed by atoms with Crippen LogP contribution in [-0.2, 0) is 20.5 Å². The van der Waals surface area contributed by atoms with Gasteiger partial charge in [-0.05, 0) is 18.4 Å². The second-order valence-corrected chi connectivity index (χ2v) is 7.01. The van der Waals surface area contributed by atoms with Gasteiger partial charge in [-0.2, -0.15) is 0 Å². The monoisotopic (exact) mass is 314 g/mol. The molecule has 1 aromatic carbocycles. The minimum Gasteiger partial charge on any atom is -0.389 e. The lowest BCUT2D eigenvalue weighted by Crippen LogP contribution is -2.33. The third kappa shape index (κ3) is 4.24. The number of sulfonamides is 1. The second-order valence-electron chi connectivity index (χ2n) is 4.76. The van der Waals surface area contributed by atoms with E-state index < -0.39 is 10.0 Å². The highest BCUT2D eigenvalue weighted by Crippen LogP contribution is 2.14. The van der Waals surface area contributed by atoms with E-state index in [9.17, 15) is 8.42 Å². The van der Waals surface area contributed by atoms with Gasteiger partial charge in [0.15, 0.2) is 0 Å². The summed E-state index contributed by atoms with van der Waals surface area (Å²) >= 11 is 4.93. The minimum atomic E-state index is -3.42. The summed E-state index contributed by atoms with van der Waals surface area (Å²) < 4.78 is 32.1. The Kier molecular flexibility index (Phi) is 5.09. The van der Waals surface area contributed by atoms with Crippen molar-refractivity contribution in [3.8, 4) is 0 Å². The van der Waals surface area contributed by atoms with Crippen molar-refractivity contribution in [2.24, 2.45) is 5.73 Å². The van der Waals surface area contributed by atoms with Crippen molar-refractivity contribution >= 4 is 27.2 Å².